The molecule has 0 fully saturated rings. The van der Waals surface area contributed by atoms with Crippen LogP contribution >= 0.6 is 11.6 Å². The highest BCUT2D eigenvalue weighted by Gasteiger charge is 2.33. The van der Waals surface area contributed by atoms with Crippen molar-refractivity contribution in [1.29, 1.82) is 5.26 Å². The summed E-state index contributed by atoms with van der Waals surface area (Å²) < 4.78 is 26.4. The van der Waals surface area contributed by atoms with Crippen molar-refractivity contribution in [2.75, 3.05) is 11.9 Å². The number of hydrogen-bond acceptors (Lipinski definition) is 6. The Hall–Kier alpha value is -2.69. The second-order valence-electron chi connectivity index (χ2n) is 7.06. The van der Waals surface area contributed by atoms with Crippen LogP contribution in [-0.2, 0) is 9.84 Å². The molecule has 0 spiro atoms. The maximum absolute atomic E-state index is 13.2. The van der Waals surface area contributed by atoms with E-state index in [2.05, 4.69) is 29.1 Å². The number of benzene rings is 2. The lowest BCUT2D eigenvalue weighted by Crippen LogP contribution is -2.18. The normalized spacial score (nSPS) is 12.7. The first kappa shape index (κ1) is 21.0. The average molecular weight is 429 g/mol. The van der Waals surface area contributed by atoms with Gasteiger partial charge in [-0.15, -0.1) is 0 Å². The summed E-state index contributed by atoms with van der Waals surface area (Å²) in [5.41, 5.74) is 1.26. The Morgan fingerprint density at radius 2 is 1.69 bits per heavy atom. The second-order valence-corrected chi connectivity index (χ2v) is 9.53. The lowest BCUT2D eigenvalue weighted by Gasteiger charge is -2.16. The van der Waals surface area contributed by atoms with Gasteiger partial charge < -0.3 is 5.32 Å². The molecule has 29 heavy (non-hydrogen) atoms. The van der Waals surface area contributed by atoms with Gasteiger partial charge in [0.2, 0.25) is 9.84 Å². The highest BCUT2D eigenvalue weighted by Crippen LogP contribution is 2.32. The van der Waals surface area contributed by atoms with Gasteiger partial charge in [-0.3, -0.25) is 0 Å². The van der Waals surface area contributed by atoms with Gasteiger partial charge in [0.05, 0.1) is 22.0 Å². The van der Waals surface area contributed by atoms with Gasteiger partial charge in [0.15, 0.2) is 11.1 Å². The first-order valence-corrected chi connectivity index (χ1v) is 11.1. The Morgan fingerprint density at radius 3 is 2.28 bits per heavy atom. The van der Waals surface area contributed by atoms with Crippen molar-refractivity contribution in [3.8, 4) is 6.07 Å². The number of aromatic nitrogens is 2. The van der Waals surface area contributed by atoms with Gasteiger partial charge in [0, 0.05) is 11.6 Å². The maximum Gasteiger partial charge on any atom is 0.200 e. The molecule has 1 aromatic heterocycles. The molecular formula is C21H21ClN4O2S. The number of anilines is 1. The van der Waals surface area contributed by atoms with E-state index < -0.39 is 15.1 Å². The van der Waals surface area contributed by atoms with Crippen molar-refractivity contribution < 1.29 is 8.42 Å². The van der Waals surface area contributed by atoms with Crippen LogP contribution in [0.2, 0.25) is 5.02 Å². The molecule has 1 N–H and O–H groups in total. The summed E-state index contributed by atoms with van der Waals surface area (Å²) in [6.07, 6.45) is 0.870. The molecular weight excluding hydrogens is 408 g/mol. The molecule has 0 aliphatic rings. The molecule has 8 heteroatoms. The van der Waals surface area contributed by atoms with E-state index in [1.54, 1.807) is 18.2 Å². The van der Waals surface area contributed by atoms with Crippen LogP contribution in [-0.4, -0.2) is 24.9 Å². The molecule has 1 atom stereocenters. The highest BCUT2D eigenvalue weighted by molar-refractivity contribution is 7.92. The van der Waals surface area contributed by atoms with Crippen LogP contribution in [0.3, 0.4) is 0 Å². The van der Waals surface area contributed by atoms with Gasteiger partial charge in [0.1, 0.15) is 5.69 Å². The predicted molar refractivity (Wildman–Crippen MR) is 114 cm³/mol. The zero-order valence-electron chi connectivity index (χ0n) is 16.1. The van der Waals surface area contributed by atoms with Crippen molar-refractivity contribution in [2.24, 2.45) is 5.92 Å². The van der Waals surface area contributed by atoms with Crippen LogP contribution in [0.5, 0.6) is 0 Å². The summed E-state index contributed by atoms with van der Waals surface area (Å²) in [7, 11) is -4.02. The summed E-state index contributed by atoms with van der Waals surface area (Å²) >= 11 is 5.87. The number of hydrogen-bond donors (Lipinski definition) is 1. The molecule has 0 radical (unpaired) electrons. The molecule has 0 aliphatic carbocycles. The quantitative estimate of drug-likeness (QED) is 0.581. The number of para-hydroxylation sites is 2. The van der Waals surface area contributed by atoms with Crippen LogP contribution < -0.4 is 5.32 Å². The van der Waals surface area contributed by atoms with E-state index in [4.69, 9.17) is 11.6 Å². The fourth-order valence-electron chi connectivity index (χ4n) is 2.84. The lowest BCUT2D eigenvalue weighted by molar-refractivity contribution is 0.589. The molecule has 3 rings (SSSR count). The molecule has 2 aromatic carbocycles. The van der Waals surface area contributed by atoms with Gasteiger partial charge in [-0.2, -0.15) is 5.26 Å². The Kier molecular flexibility index (Phi) is 6.36. The number of halogens is 1. The molecule has 0 unspecified atom stereocenters. The number of fused-ring (bicyclic) bond motifs is 1. The highest BCUT2D eigenvalue weighted by atomic mass is 35.5. The Bertz CT molecular complexity index is 1160. The molecule has 6 nitrogen and oxygen atoms in total. The van der Waals surface area contributed by atoms with E-state index in [0.717, 1.165) is 6.42 Å². The molecule has 0 saturated heterocycles. The van der Waals surface area contributed by atoms with Crippen LogP contribution in [0.1, 0.15) is 31.2 Å². The van der Waals surface area contributed by atoms with E-state index >= 15 is 0 Å². The topological polar surface area (TPSA) is 95.7 Å². The monoisotopic (exact) mass is 428 g/mol. The van der Waals surface area contributed by atoms with Gasteiger partial charge in [-0.25, -0.2) is 18.4 Å². The van der Waals surface area contributed by atoms with Crippen molar-refractivity contribution in [3.63, 3.8) is 0 Å². The number of sulfone groups is 1. The Labute approximate surface area is 175 Å². The fraction of sp³-hybridized carbons (Fsp3) is 0.286. The van der Waals surface area contributed by atoms with Gasteiger partial charge in [-0.05, 0) is 48.7 Å². The van der Waals surface area contributed by atoms with Crippen molar-refractivity contribution in [3.05, 3.63) is 59.2 Å². The number of nitriles is 1. The smallest absolute Gasteiger partial charge is 0.200 e. The first-order chi connectivity index (χ1) is 13.8. The standard InChI is InChI=1S/C21H21ClN4O2S/c1-14(2)11-12-24-21-20(25-17-5-3-4-6-18(17)26-21)19(13-23)29(27,28)16-9-7-15(22)8-10-16/h3-10,14,19H,11-12H2,1-2H3,(H,24,26)/t19-/m1/s1. The molecule has 3 aromatic rings. The zero-order valence-corrected chi connectivity index (χ0v) is 17.7. The zero-order chi connectivity index (χ0) is 21.0. The molecule has 0 amide bonds. The number of nitrogens with zero attached hydrogens (tertiary/aromatic N) is 3. The summed E-state index contributed by atoms with van der Waals surface area (Å²) in [6, 6.07) is 14.8. The third kappa shape index (κ3) is 4.66. The summed E-state index contributed by atoms with van der Waals surface area (Å²) in [5, 5.41) is 11.9. The van der Waals surface area contributed by atoms with E-state index in [0.29, 0.717) is 34.3 Å². The van der Waals surface area contributed by atoms with Crippen molar-refractivity contribution in [1.82, 2.24) is 9.97 Å². The minimum absolute atomic E-state index is 0.0107. The summed E-state index contributed by atoms with van der Waals surface area (Å²) in [6.45, 7) is 4.78. The predicted octanol–water partition coefficient (Wildman–Crippen LogP) is 4.78. The molecule has 150 valence electrons. The number of nitrogens with one attached hydrogen (secondary N) is 1. The van der Waals surface area contributed by atoms with Gasteiger partial charge in [0.25, 0.3) is 0 Å². The van der Waals surface area contributed by atoms with E-state index in [9.17, 15) is 13.7 Å². The third-order valence-electron chi connectivity index (χ3n) is 4.43. The van der Waals surface area contributed by atoms with Crippen LogP contribution in [0, 0.1) is 17.2 Å². The molecule has 0 bridgehead atoms. The van der Waals surface area contributed by atoms with Crippen LogP contribution in [0.4, 0.5) is 5.82 Å². The lowest BCUT2D eigenvalue weighted by atomic mass is 10.1. The van der Waals surface area contributed by atoms with Crippen molar-refractivity contribution >= 4 is 38.3 Å². The molecule has 1 heterocycles. The van der Waals surface area contributed by atoms with E-state index in [1.807, 2.05) is 12.1 Å². The maximum atomic E-state index is 13.2. The average Bonchev–Trinajstić information content (AvgIpc) is 2.68. The fourth-order valence-corrected chi connectivity index (χ4v) is 4.35. The first-order valence-electron chi connectivity index (χ1n) is 9.22. The Balaban J connectivity index is 2.11. The molecule has 0 saturated carbocycles. The summed E-state index contributed by atoms with van der Waals surface area (Å²) in [4.78, 5) is 9.06. The minimum Gasteiger partial charge on any atom is -0.368 e. The Morgan fingerprint density at radius 1 is 1.07 bits per heavy atom. The number of rotatable bonds is 7. The molecule has 0 aliphatic heterocycles. The summed E-state index contributed by atoms with van der Waals surface area (Å²) in [5.74, 6) is 0.775. The SMILES string of the molecule is CC(C)CCNc1nc2ccccc2nc1[C@@H](C#N)S(=O)(=O)c1ccc(Cl)cc1. The van der Waals surface area contributed by atoms with E-state index in [1.165, 1.54) is 24.3 Å². The van der Waals surface area contributed by atoms with Crippen molar-refractivity contribution in [2.45, 2.75) is 30.4 Å². The minimum atomic E-state index is -4.02. The van der Waals surface area contributed by atoms with E-state index in [-0.39, 0.29) is 10.6 Å². The van der Waals surface area contributed by atoms with Gasteiger partial charge >= 0.3 is 0 Å². The second kappa shape index (κ2) is 8.76. The largest absolute Gasteiger partial charge is 0.368 e. The van der Waals surface area contributed by atoms with Gasteiger partial charge in [-0.1, -0.05) is 37.6 Å². The van der Waals surface area contributed by atoms with Crippen LogP contribution in [0.15, 0.2) is 53.4 Å². The van der Waals surface area contributed by atoms with Crippen LogP contribution in [0.25, 0.3) is 11.0 Å². The third-order valence-corrected chi connectivity index (χ3v) is 6.56.